The molecule has 0 unspecified atom stereocenters. The van der Waals surface area contributed by atoms with Crippen molar-refractivity contribution in [3.8, 4) is 5.75 Å². The van der Waals surface area contributed by atoms with Crippen LogP contribution in [0, 0.1) is 5.41 Å². The average molecular weight is 311 g/mol. The summed E-state index contributed by atoms with van der Waals surface area (Å²) in [4.78, 5) is 12.6. The lowest BCUT2D eigenvalue weighted by atomic mass is 9.73. The molecule has 21 heavy (non-hydrogen) atoms. The number of nitrogens with one attached hydrogen (secondary N) is 1. The van der Waals surface area contributed by atoms with E-state index in [1.54, 1.807) is 12.1 Å². The molecule has 0 radical (unpaired) electrons. The molecule has 2 rings (SSSR count). The van der Waals surface area contributed by atoms with Gasteiger partial charge in [0.2, 0.25) is 5.91 Å². The first kappa shape index (κ1) is 16.1. The summed E-state index contributed by atoms with van der Waals surface area (Å²) in [6, 6.07) is 5.30. The van der Waals surface area contributed by atoms with E-state index in [0.29, 0.717) is 29.6 Å². The molecule has 1 aromatic rings. The minimum atomic E-state index is -0.427. The summed E-state index contributed by atoms with van der Waals surface area (Å²) < 4.78 is 5.39. The van der Waals surface area contributed by atoms with Gasteiger partial charge in [-0.05, 0) is 38.0 Å². The fourth-order valence-electron chi connectivity index (χ4n) is 2.87. The van der Waals surface area contributed by atoms with Gasteiger partial charge >= 0.3 is 0 Å². The number of carbonyl (C=O) groups is 1. The molecule has 0 heterocycles. The molecule has 0 aliphatic heterocycles. The van der Waals surface area contributed by atoms with Crippen molar-refractivity contribution in [2.24, 2.45) is 11.1 Å². The maximum absolute atomic E-state index is 12.6. The SMILES string of the molecule is CCOc1ccc(NC(=O)C2(CN)CCCCC2)cc1Cl. The first-order valence-electron chi connectivity index (χ1n) is 7.55. The molecule has 0 bridgehead atoms. The number of amides is 1. The Morgan fingerprint density at radius 3 is 2.67 bits per heavy atom. The average Bonchev–Trinajstić information content (AvgIpc) is 2.50. The van der Waals surface area contributed by atoms with Gasteiger partial charge in [0.1, 0.15) is 5.75 Å². The van der Waals surface area contributed by atoms with Gasteiger partial charge in [0.25, 0.3) is 0 Å². The number of anilines is 1. The first-order chi connectivity index (χ1) is 10.1. The number of ether oxygens (including phenoxy) is 1. The number of hydrogen-bond donors (Lipinski definition) is 2. The number of carbonyl (C=O) groups excluding carboxylic acids is 1. The van der Waals surface area contributed by atoms with E-state index in [4.69, 9.17) is 22.1 Å². The second-order valence-corrected chi connectivity index (χ2v) is 5.98. The Hall–Kier alpha value is -1.26. The van der Waals surface area contributed by atoms with E-state index in [-0.39, 0.29) is 5.91 Å². The van der Waals surface area contributed by atoms with Crippen molar-refractivity contribution in [3.63, 3.8) is 0 Å². The van der Waals surface area contributed by atoms with Crippen LogP contribution in [0.4, 0.5) is 5.69 Å². The molecule has 4 nitrogen and oxygen atoms in total. The molecule has 0 aromatic heterocycles. The topological polar surface area (TPSA) is 64.3 Å². The van der Waals surface area contributed by atoms with Gasteiger partial charge in [-0.15, -0.1) is 0 Å². The molecule has 3 N–H and O–H groups in total. The van der Waals surface area contributed by atoms with Gasteiger partial charge in [0, 0.05) is 12.2 Å². The van der Waals surface area contributed by atoms with Crippen molar-refractivity contribution < 1.29 is 9.53 Å². The van der Waals surface area contributed by atoms with Crippen LogP contribution in [0.15, 0.2) is 18.2 Å². The van der Waals surface area contributed by atoms with Gasteiger partial charge in [-0.1, -0.05) is 30.9 Å². The summed E-state index contributed by atoms with van der Waals surface area (Å²) >= 11 is 6.14. The highest BCUT2D eigenvalue weighted by Crippen LogP contribution is 2.37. The predicted octanol–water partition coefficient (Wildman–Crippen LogP) is 3.59. The molecule has 0 spiro atoms. The summed E-state index contributed by atoms with van der Waals surface area (Å²) in [6.45, 7) is 2.85. The molecular weight excluding hydrogens is 288 g/mol. The van der Waals surface area contributed by atoms with Crippen LogP contribution in [0.5, 0.6) is 5.75 Å². The number of hydrogen-bond acceptors (Lipinski definition) is 3. The maximum Gasteiger partial charge on any atom is 0.231 e. The van der Waals surface area contributed by atoms with Crippen molar-refractivity contribution in [1.82, 2.24) is 0 Å². The second-order valence-electron chi connectivity index (χ2n) is 5.58. The largest absolute Gasteiger partial charge is 0.492 e. The van der Waals surface area contributed by atoms with Crippen LogP contribution in [0.3, 0.4) is 0 Å². The number of nitrogens with two attached hydrogens (primary N) is 1. The van der Waals surface area contributed by atoms with E-state index < -0.39 is 5.41 Å². The molecule has 1 fully saturated rings. The highest BCUT2D eigenvalue weighted by Gasteiger charge is 2.38. The smallest absolute Gasteiger partial charge is 0.231 e. The number of rotatable bonds is 5. The standard InChI is InChI=1S/C16H23ClN2O2/c1-2-21-14-7-6-12(10-13(14)17)19-15(20)16(11-18)8-4-3-5-9-16/h6-7,10H,2-5,8-9,11,18H2,1H3,(H,19,20). The molecule has 1 aliphatic rings. The molecule has 0 atom stereocenters. The van der Waals surface area contributed by atoms with E-state index in [9.17, 15) is 4.79 Å². The zero-order valence-corrected chi connectivity index (χ0v) is 13.2. The Balaban J connectivity index is 2.09. The Kier molecular flexibility index (Phi) is 5.48. The third kappa shape index (κ3) is 3.69. The van der Waals surface area contributed by atoms with Crippen LogP contribution in [-0.4, -0.2) is 19.1 Å². The van der Waals surface area contributed by atoms with Crippen molar-refractivity contribution >= 4 is 23.2 Å². The molecule has 5 heteroatoms. The summed E-state index contributed by atoms with van der Waals surface area (Å²) in [7, 11) is 0. The molecule has 1 saturated carbocycles. The van der Waals surface area contributed by atoms with E-state index in [1.165, 1.54) is 6.42 Å². The zero-order chi connectivity index (χ0) is 15.3. The van der Waals surface area contributed by atoms with Crippen molar-refractivity contribution in [2.45, 2.75) is 39.0 Å². The van der Waals surface area contributed by atoms with E-state index >= 15 is 0 Å². The third-order valence-electron chi connectivity index (χ3n) is 4.17. The van der Waals surface area contributed by atoms with E-state index in [2.05, 4.69) is 5.32 Å². The van der Waals surface area contributed by atoms with Gasteiger partial charge in [-0.3, -0.25) is 4.79 Å². The van der Waals surface area contributed by atoms with Gasteiger partial charge in [0.05, 0.1) is 17.0 Å². The summed E-state index contributed by atoms with van der Waals surface area (Å²) in [5.74, 6) is 0.633. The molecule has 116 valence electrons. The van der Waals surface area contributed by atoms with Crippen LogP contribution in [0.2, 0.25) is 5.02 Å². The Morgan fingerprint density at radius 1 is 1.38 bits per heavy atom. The van der Waals surface area contributed by atoms with Crippen molar-refractivity contribution in [3.05, 3.63) is 23.2 Å². The first-order valence-corrected chi connectivity index (χ1v) is 7.93. The number of halogens is 1. The van der Waals surface area contributed by atoms with Crippen LogP contribution in [0.1, 0.15) is 39.0 Å². The van der Waals surface area contributed by atoms with Gasteiger partial charge in [0.15, 0.2) is 0 Å². The quantitative estimate of drug-likeness (QED) is 0.873. The number of benzene rings is 1. The lowest BCUT2D eigenvalue weighted by Gasteiger charge is -2.34. The fourth-order valence-corrected chi connectivity index (χ4v) is 3.10. The van der Waals surface area contributed by atoms with E-state index in [1.807, 2.05) is 13.0 Å². The zero-order valence-electron chi connectivity index (χ0n) is 12.5. The van der Waals surface area contributed by atoms with Crippen LogP contribution < -0.4 is 15.8 Å². The predicted molar refractivity (Wildman–Crippen MR) is 85.8 cm³/mol. The Labute approximate surface area is 131 Å². The van der Waals surface area contributed by atoms with Crippen LogP contribution in [0.25, 0.3) is 0 Å². The lowest BCUT2D eigenvalue weighted by molar-refractivity contribution is -0.126. The Morgan fingerprint density at radius 2 is 2.10 bits per heavy atom. The Bertz CT molecular complexity index is 499. The lowest BCUT2D eigenvalue weighted by Crippen LogP contribution is -2.43. The van der Waals surface area contributed by atoms with Gasteiger partial charge in [-0.25, -0.2) is 0 Å². The fraction of sp³-hybridized carbons (Fsp3) is 0.562. The molecular formula is C16H23ClN2O2. The van der Waals surface area contributed by atoms with Crippen molar-refractivity contribution in [1.29, 1.82) is 0 Å². The molecule has 1 amide bonds. The molecule has 1 aliphatic carbocycles. The third-order valence-corrected chi connectivity index (χ3v) is 4.47. The monoisotopic (exact) mass is 310 g/mol. The summed E-state index contributed by atoms with van der Waals surface area (Å²) in [5.41, 5.74) is 6.14. The molecule has 0 saturated heterocycles. The minimum Gasteiger partial charge on any atom is -0.492 e. The van der Waals surface area contributed by atoms with Gasteiger partial charge in [-0.2, -0.15) is 0 Å². The van der Waals surface area contributed by atoms with Crippen LogP contribution in [-0.2, 0) is 4.79 Å². The van der Waals surface area contributed by atoms with Crippen molar-refractivity contribution in [2.75, 3.05) is 18.5 Å². The highest BCUT2D eigenvalue weighted by molar-refractivity contribution is 6.32. The highest BCUT2D eigenvalue weighted by atomic mass is 35.5. The second kappa shape index (κ2) is 7.14. The normalized spacial score (nSPS) is 17.3. The summed E-state index contributed by atoms with van der Waals surface area (Å²) in [5, 5.41) is 3.45. The maximum atomic E-state index is 12.6. The van der Waals surface area contributed by atoms with E-state index in [0.717, 1.165) is 25.7 Å². The van der Waals surface area contributed by atoms with Gasteiger partial charge < -0.3 is 15.8 Å². The van der Waals surface area contributed by atoms with Crippen LogP contribution >= 0.6 is 11.6 Å². The summed E-state index contributed by atoms with van der Waals surface area (Å²) in [6.07, 6.45) is 5.04. The minimum absolute atomic E-state index is 0.00456. The molecule has 1 aromatic carbocycles.